The topological polar surface area (TPSA) is 81.4 Å². The smallest absolute Gasteiger partial charge is 0.240 e. The lowest BCUT2D eigenvalue weighted by molar-refractivity contribution is -0.129. The molecule has 114 valence electrons. The minimum absolute atomic E-state index is 0.150. The van der Waals surface area contributed by atoms with Gasteiger partial charge in [0.15, 0.2) is 0 Å². The van der Waals surface area contributed by atoms with Crippen LogP contribution in [0.15, 0.2) is 18.2 Å². The maximum Gasteiger partial charge on any atom is 0.240 e. The van der Waals surface area contributed by atoms with E-state index in [1.54, 1.807) is 0 Å². The van der Waals surface area contributed by atoms with Crippen LogP contribution in [0.1, 0.15) is 23.1 Å². The summed E-state index contributed by atoms with van der Waals surface area (Å²) in [6.45, 7) is 5.00. The summed E-state index contributed by atoms with van der Waals surface area (Å²) in [6, 6.07) is 5.28. The van der Waals surface area contributed by atoms with Gasteiger partial charge in [0, 0.05) is 13.0 Å². The average Bonchev–Trinajstić information content (AvgIpc) is 2.95. The average molecular weight is 290 g/mol. The Morgan fingerprint density at radius 1 is 1.38 bits per heavy atom. The Hall–Kier alpha value is -1.88. The minimum atomic E-state index is -0.683. The van der Waals surface area contributed by atoms with E-state index in [-0.39, 0.29) is 11.8 Å². The lowest BCUT2D eigenvalue weighted by Crippen LogP contribution is -2.48. The first-order valence-corrected chi connectivity index (χ1v) is 7.21. The van der Waals surface area contributed by atoms with Gasteiger partial charge in [-0.05, 0) is 37.0 Å². The predicted octanol–water partition coefficient (Wildman–Crippen LogP) is 0.853. The molecular weight excluding hydrogens is 268 g/mol. The van der Waals surface area contributed by atoms with Crippen molar-refractivity contribution in [3.05, 3.63) is 34.9 Å². The van der Waals surface area contributed by atoms with Crippen LogP contribution in [0.5, 0.6) is 0 Å². The molecule has 1 aliphatic heterocycles. The summed E-state index contributed by atoms with van der Waals surface area (Å²) < 4.78 is 5.20. The molecule has 3 N–H and O–H groups in total. The second-order valence-electron chi connectivity index (χ2n) is 5.60. The Labute approximate surface area is 124 Å². The summed E-state index contributed by atoms with van der Waals surface area (Å²) in [6.07, 6.45) is 1.12. The number of carbonyl (C=O) groups is 2. The maximum atomic E-state index is 12.1. The van der Waals surface area contributed by atoms with E-state index < -0.39 is 11.9 Å². The first-order valence-electron chi connectivity index (χ1n) is 7.21. The maximum absolute atomic E-state index is 12.1. The van der Waals surface area contributed by atoms with Crippen molar-refractivity contribution < 1.29 is 14.3 Å². The van der Waals surface area contributed by atoms with Crippen molar-refractivity contribution in [1.82, 2.24) is 5.32 Å². The number of hydrogen-bond donors (Lipinski definition) is 2. The molecule has 1 aromatic carbocycles. The zero-order valence-corrected chi connectivity index (χ0v) is 12.5. The van der Waals surface area contributed by atoms with Crippen LogP contribution in [0.25, 0.3) is 0 Å². The van der Waals surface area contributed by atoms with Crippen molar-refractivity contribution in [2.75, 3.05) is 13.2 Å². The monoisotopic (exact) mass is 290 g/mol. The van der Waals surface area contributed by atoms with Crippen LogP contribution >= 0.6 is 0 Å². The fraction of sp³-hybridized carbons (Fsp3) is 0.500. The highest BCUT2D eigenvalue weighted by Gasteiger charge is 2.27. The molecule has 0 radical (unpaired) electrons. The molecule has 1 fully saturated rings. The standard InChI is InChI=1S/C16H22N2O3/c1-10-4-3-5-11(2)13(10)8-14(15(17)19)18-16(20)12-6-7-21-9-12/h3-5,12,14H,6-9H2,1-2H3,(H2,17,19)(H,18,20)/t12-,14+/m1/s1. The molecule has 2 atom stereocenters. The fourth-order valence-corrected chi connectivity index (χ4v) is 2.63. The van der Waals surface area contributed by atoms with Gasteiger partial charge in [-0.15, -0.1) is 0 Å². The molecule has 2 amide bonds. The predicted molar refractivity (Wildman–Crippen MR) is 79.7 cm³/mol. The summed E-state index contributed by atoms with van der Waals surface area (Å²) in [4.78, 5) is 23.8. The third-order valence-corrected chi connectivity index (χ3v) is 4.01. The van der Waals surface area contributed by atoms with Crippen molar-refractivity contribution in [3.63, 3.8) is 0 Å². The van der Waals surface area contributed by atoms with Crippen LogP contribution in [-0.2, 0) is 20.7 Å². The first kappa shape index (κ1) is 15.5. The van der Waals surface area contributed by atoms with E-state index in [1.165, 1.54) is 0 Å². The van der Waals surface area contributed by atoms with E-state index in [1.807, 2.05) is 32.0 Å². The number of nitrogens with two attached hydrogens (primary N) is 1. The molecule has 5 heteroatoms. The Morgan fingerprint density at radius 2 is 2.05 bits per heavy atom. The summed E-state index contributed by atoms with van der Waals surface area (Å²) >= 11 is 0. The highest BCUT2D eigenvalue weighted by atomic mass is 16.5. The quantitative estimate of drug-likeness (QED) is 0.843. The third kappa shape index (κ3) is 3.82. The number of ether oxygens (including phenoxy) is 1. The number of amides is 2. The van der Waals surface area contributed by atoms with Gasteiger partial charge >= 0.3 is 0 Å². The van der Waals surface area contributed by atoms with Crippen molar-refractivity contribution in [2.24, 2.45) is 11.7 Å². The number of hydrogen-bond acceptors (Lipinski definition) is 3. The van der Waals surface area contributed by atoms with Gasteiger partial charge in [0.2, 0.25) is 11.8 Å². The molecule has 2 rings (SSSR count). The lowest BCUT2D eigenvalue weighted by Gasteiger charge is -2.19. The molecule has 0 unspecified atom stereocenters. The van der Waals surface area contributed by atoms with Crippen LogP contribution in [0.3, 0.4) is 0 Å². The van der Waals surface area contributed by atoms with Crippen LogP contribution in [0.4, 0.5) is 0 Å². The van der Waals surface area contributed by atoms with Crippen LogP contribution in [0.2, 0.25) is 0 Å². The van der Waals surface area contributed by atoms with Gasteiger partial charge < -0.3 is 15.8 Å². The van der Waals surface area contributed by atoms with E-state index in [0.29, 0.717) is 26.1 Å². The largest absolute Gasteiger partial charge is 0.381 e. The molecule has 1 heterocycles. The highest BCUT2D eigenvalue weighted by Crippen LogP contribution is 2.17. The van der Waals surface area contributed by atoms with E-state index in [4.69, 9.17) is 10.5 Å². The Morgan fingerprint density at radius 3 is 2.57 bits per heavy atom. The van der Waals surface area contributed by atoms with Crippen LogP contribution < -0.4 is 11.1 Å². The highest BCUT2D eigenvalue weighted by molar-refractivity contribution is 5.88. The molecule has 0 spiro atoms. The third-order valence-electron chi connectivity index (χ3n) is 4.01. The lowest BCUT2D eigenvalue weighted by atomic mass is 9.95. The minimum Gasteiger partial charge on any atom is -0.381 e. The Kier molecular flexibility index (Phi) is 4.96. The molecule has 21 heavy (non-hydrogen) atoms. The number of rotatable bonds is 5. The van der Waals surface area contributed by atoms with Gasteiger partial charge in [0.25, 0.3) is 0 Å². The van der Waals surface area contributed by atoms with Gasteiger partial charge in [-0.3, -0.25) is 9.59 Å². The van der Waals surface area contributed by atoms with Crippen molar-refractivity contribution in [2.45, 2.75) is 32.7 Å². The van der Waals surface area contributed by atoms with Gasteiger partial charge in [-0.1, -0.05) is 18.2 Å². The number of nitrogens with one attached hydrogen (secondary N) is 1. The Bertz CT molecular complexity index is 516. The van der Waals surface area contributed by atoms with Crippen molar-refractivity contribution in [1.29, 1.82) is 0 Å². The molecule has 0 saturated carbocycles. The SMILES string of the molecule is Cc1cccc(C)c1C[C@H](NC(=O)[C@@H]1CCOC1)C(N)=O. The molecule has 1 saturated heterocycles. The van der Waals surface area contributed by atoms with E-state index in [0.717, 1.165) is 16.7 Å². The van der Waals surface area contributed by atoms with Gasteiger partial charge in [0.1, 0.15) is 6.04 Å². The fourth-order valence-electron chi connectivity index (χ4n) is 2.63. The normalized spacial score (nSPS) is 19.2. The Balaban J connectivity index is 2.09. The zero-order chi connectivity index (χ0) is 15.4. The molecular formula is C16H22N2O3. The molecule has 1 aromatic rings. The molecule has 0 bridgehead atoms. The number of carbonyl (C=O) groups excluding carboxylic acids is 2. The summed E-state index contributed by atoms with van der Waals surface area (Å²) in [7, 11) is 0. The van der Waals surface area contributed by atoms with Gasteiger partial charge in [-0.25, -0.2) is 0 Å². The molecule has 1 aliphatic rings. The molecule has 0 aliphatic carbocycles. The zero-order valence-electron chi connectivity index (χ0n) is 12.5. The van der Waals surface area contributed by atoms with E-state index in [2.05, 4.69) is 5.32 Å². The van der Waals surface area contributed by atoms with Gasteiger partial charge in [0.05, 0.1) is 12.5 Å². The second-order valence-corrected chi connectivity index (χ2v) is 5.60. The summed E-state index contributed by atoms with van der Waals surface area (Å²) in [5.41, 5.74) is 8.70. The van der Waals surface area contributed by atoms with Gasteiger partial charge in [-0.2, -0.15) is 0 Å². The molecule has 0 aromatic heterocycles. The van der Waals surface area contributed by atoms with Crippen LogP contribution in [-0.4, -0.2) is 31.1 Å². The number of primary amides is 1. The first-order chi connectivity index (χ1) is 9.99. The summed E-state index contributed by atoms with van der Waals surface area (Å²) in [5.74, 6) is -0.836. The van der Waals surface area contributed by atoms with Crippen LogP contribution in [0, 0.1) is 19.8 Å². The van der Waals surface area contributed by atoms with E-state index >= 15 is 0 Å². The summed E-state index contributed by atoms with van der Waals surface area (Å²) in [5, 5.41) is 2.77. The van der Waals surface area contributed by atoms with Crippen molar-refractivity contribution in [3.8, 4) is 0 Å². The molecule has 5 nitrogen and oxygen atoms in total. The van der Waals surface area contributed by atoms with E-state index in [9.17, 15) is 9.59 Å². The number of aryl methyl sites for hydroxylation is 2. The number of benzene rings is 1. The second kappa shape index (κ2) is 6.72. The van der Waals surface area contributed by atoms with Crippen molar-refractivity contribution >= 4 is 11.8 Å².